The molecule has 0 radical (unpaired) electrons. The third-order valence-electron chi connectivity index (χ3n) is 5.24. The molecule has 0 spiro atoms. The highest BCUT2D eigenvalue weighted by molar-refractivity contribution is 6.33. The molecule has 1 aromatic heterocycles. The van der Waals surface area contributed by atoms with Crippen molar-refractivity contribution in [3.05, 3.63) is 65.1 Å². The Morgan fingerprint density at radius 3 is 2.68 bits per heavy atom. The van der Waals surface area contributed by atoms with Crippen LogP contribution in [0.1, 0.15) is 31.6 Å². The first-order valence-electron chi connectivity index (χ1n) is 10.2. The van der Waals surface area contributed by atoms with Crippen molar-refractivity contribution in [3.8, 4) is 11.3 Å². The summed E-state index contributed by atoms with van der Waals surface area (Å²) in [5, 5.41) is 3.43. The van der Waals surface area contributed by atoms with Crippen molar-refractivity contribution in [1.82, 2.24) is 4.98 Å². The van der Waals surface area contributed by atoms with Gasteiger partial charge in [0.2, 0.25) is 5.91 Å². The molecule has 1 fully saturated rings. The number of oxazole rings is 1. The molecule has 2 heterocycles. The number of halogens is 3. The molecule has 5 nitrogen and oxygen atoms in total. The molecule has 162 valence electrons. The molecular weight excluding hydrogens is 424 g/mol. The van der Waals surface area contributed by atoms with E-state index in [-0.39, 0.29) is 30.1 Å². The quantitative estimate of drug-likeness (QED) is 0.518. The summed E-state index contributed by atoms with van der Waals surface area (Å²) >= 11 is 6.43. The molecule has 0 bridgehead atoms. The maximum atomic E-state index is 13.9. The number of amides is 1. The van der Waals surface area contributed by atoms with Crippen molar-refractivity contribution in [2.24, 2.45) is 0 Å². The first-order chi connectivity index (χ1) is 15.0. The van der Waals surface area contributed by atoms with E-state index in [4.69, 9.17) is 16.0 Å². The van der Waals surface area contributed by atoms with E-state index in [1.165, 1.54) is 18.7 Å². The molecule has 1 amide bonds. The van der Waals surface area contributed by atoms with Crippen molar-refractivity contribution in [3.63, 3.8) is 0 Å². The van der Waals surface area contributed by atoms with Gasteiger partial charge >= 0.3 is 0 Å². The molecule has 4 rings (SSSR count). The van der Waals surface area contributed by atoms with Gasteiger partial charge in [0.1, 0.15) is 11.6 Å². The van der Waals surface area contributed by atoms with Crippen molar-refractivity contribution < 1.29 is 18.0 Å². The van der Waals surface area contributed by atoms with Gasteiger partial charge in [-0.25, -0.2) is 13.8 Å². The number of rotatable bonds is 6. The lowest BCUT2D eigenvalue weighted by molar-refractivity contribution is -0.116. The molecule has 1 N–H and O–H groups in total. The van der Waals surface area contributed by atoms with E-state index in [0.717, 1.165) is 43.8 Å². The summed E-state index contributed by atoms with van der Waals surface area (Å²) in [6.45, 7) is 1.98. The summed E-state index contributed by atoms with van der Waals surface area (Å²) in [5.74, 6) is -1.12. The van der Waals surface area contributed by atoms with Gasteiger partial charge in [-0.15, -0.1) is 0 Å². The molecular formula is C23H22ClF2N3O2. The predicted octanol–water partition coefficient (Wildman–Crippen LogP) is 5.83. The van der Waals surface area contributed by atoms with Gasteiger partial charge in [0.15, 0.2) is 11.7 Å². The highest BCUT2D eigenvalue weighted by Gasteiger charge is 2.16. The third-order valence-corrected chi connectivity index (χ3v) is 5.55. The lowest BCUT2D eigenvalue weighted by Crippen LogP contribution is -2.29. The Hall–Kier alpha value is -2.93. The summed E-state index contributed by atoms with van der Waals surface area (Å²) in [5.41, 5.74) is 1.73. The first kappa shape index (κ1) is 21.3. The second kappa shape index (κ2) is 9.47. The monoisotopic (exact) mass is 445 g/mol. The fourth-order valence-electron chi connectivity index (χ4n) is 3.66. The zero-order valence-corrected chi connectivity index (χ0v) is 17.6. The fraction of sp³-hybridized carbons (Fsp3) is 0.304. The molecule has 1 aliphatic rings. The number of aromatic nitrogens is 1. The van der Waals surface area contributed by atoms with Crippen LogP contribution in [0.5, 0.6) is 0 Å². The summed E-state index contributed by atoms with van der Waals surface area (Å²) in [6.07, 6.45) is 5.30. The number of carbonyl (C=O) groups excluding carboxylic acids is 1. The average Bonchev–Trinajstić information content (AvgIpc) is 3.22. The van der Waals surface area contributed by atoms with Crippen LogP contribution in [0, 0.1) is 11.6 Å². The van der Waals surface area contributed by atoms with E-state index in [1.54, 1.807) is 6.07 Å². The van der Waals surface area contributed by atoms with E-state index < -0.39 is 11.6 Å². The lowest BCUT2D eigenvalue weighted by atomic mass is 10.1. The van der Waals surface area contributed by atoms with Crippen LogP contribution in [0.15, 0.2) is 47.0 Å². The molecule has 8 heteroatoms. The number of hydrogen-bond donors (Lipinski definition) is 1. The van der Waals surface area contributed by atoms with E-state index in [0.29, 0.717) is 16.6 Å². The Morgan fingerprint density at radius 1 is 1.13 bits per heavy atom. The Morgan fingerprint density at radius 2 is 1.94 bits per heavy atom. The normalized spacial score (nSPS) is 14.0. The van der Waals surface area contributed by atoms with Crippen molar-refractivity contribution in [2.75, 3.05) is 23.3 Å². The molecule has 0 atom stereocenters. The Balaban J connectivity index is 1.33. The molecule has 2 aromatic carbocycles. The maximum absolute atomic E-state index is 13.9. The van der Waals surface area contributed by atoms with Crippen LogP contribution in [0.2, 0.25) is 5.02 Å². The van der Waals surface area contributed by atoms with Gasteiger partial charge in [-0.3, -0.25) is 4.79 Å². The number of aryl methyl sites for hydroxylation is 1. The predicted molar refractivity (Wildman–Crippen MR) is 116 cm³/mol. The van der Waals surface area contributed by atoms with Crippen molar-refractivity contribution >= 4 is 28.9 Å². The Kier molecular flexibility index (Phi) is 6.51. The smallest absolute Gasteiger partial charge is 0.224 e. The number of benzene rings is 2. The van der Waals surface area contributed by atoms with Crippen LogP contribution >= 0.6 is 11.6 Å². The van der Waals surface area contributed by atoms with Gasteiger partial charge in [-0.1, -0.05) is 11.6 Å². The van der Waals surface area contributed by atoms with Crippen LogP contribution in [0.4, 0.5) is 20.2 Å². The topological polar surface area (TPSA) is 58.4 Å². The van der Waals surface area contributed by atoms with E-state index >= 15 is 0 Å². The number of hydrogen-bond acceptors (Lipinski definition) is 4. The summed E-state index contributed by atoms with van der Waals surface area (Å²) < 4.78 is 32.4. The van der Waals surface area contributed by atoms with Crippen LogP contribution in [-0.2, 0) is 11.2 Å². The molecule has 0 saturated carbocycles. The Labute approximate surface area is 184 Å². The van der Waals surface area contributed by atoms with Crippen LogP contribution in [0.3, 0.4) is 0 Å². The second-order valence-electron chi connectivity index (χ2n) is 7.50. The van der Waals surface area contributed by atoms with Crippen LogP contribution < -0.4 is 10.2 Å². The van der Waals surface area contributed by atoms with E-state index in [9.17, 15) is 13.6 Å². The van der Waals surface area contributed by atoms with Crippen LogP contribution in [0.25, 0.3) is 11.3 Å². The standard InChI is InChI=1S/C23H22ClF2N3O2/c24-18-13-16(5-7-20(18)29-10-2-1-3-11-29)28-22(30)8-9-23-27-14-21(31-23)17-6-4-15(25)12-19(17)26/h4-7,12-14H,1-3,8-11H2,(H,28,30). The number of anilines is 2. The number of carbonyl (C=O) groups is 1. The van der Waals surface area contributed by atoms with Gasteiger partial charge in [0, 0.05) is 37.7 Å². The second-order valence-corrected chi connectivity index (χ2v) is 7.91. The Bertz CT molecular complexity index is 1080. The largest absolute Gasteiger partial charge is 0.441 e. The number of piperidine rings is 1. The molecule has 1 aliphatic heterocycles. The van der Waals surface area contributed by atoms with Gasteiger partial charge < -0.3 is 14.6 Å². The SMILES string of the molecule is O=C(CCc1ncc(-c2ccc(F)cc2F)o1)Nc1ccc(N2CCCCC2)c(Cl)c1. The first-order valence-corrected chi connectivity index (χ1v) is 10.6. The minimum atomic E-state index is -0.731. The van der Waals surface area contributed by atoms with Crippen molar-refractivity contribution in [1.29, 1.82) is 0 Å². The summed E-state index contributed by atoms with van der Waals surface area (Å²) in [7, 11) is 0. The maximum Gasteiger partial charge on any atom is 0.224 e. The molecule has 1 saturated heterocycles. The van der Waals surface area contributed by atoms with Crippen LogP contribution in [-0.4, -0.2) is 24.0 Å². The third kappa shape index (κ3) is 5.22. The number of nitrogens with one attached hydrogen (secondary N) is 1. The highest BCUT2D eigenvalue weighted by Crippen LogP contribution is 2.31. The molecule has 0 unspecified atom stereocenters. The minimum Gasteiger partial charge on any atom is -0.441 e. The van der Waals surface area contributed by atoms with E-state index in [1.807, 2.05) is 12.1 Å². The summed E-state index contributed by atoms with van der Waals surface area (Å²) in [6, 6.07) is 8.75. The van der Waals surface area contributed by atoms with Gasteiger partial charge in [-0.2, -0.15) is 0 Å². The lowest BCUT2D eigenvalue weighted by Gasteiger charge is -2.29. The zero-order chi connectivity index (χ0) is 21.8. The number of nitrogens with zero attached hydrogens (tertiary/aromatic N) is 2. The van der Waals surface area contributed by atoms with E-state index in [2.05, 4.69) is 15.2 Å². The molecule has 31 heavy (non-hydrogen) atoms. The highest BCUT2D eigenvalue weighted by atomic mass is 35.5. The zero-order valence-electron chi connectivity index (χ0n) is 16.8. The average molecular weight is 446 g/mol. The summed E-state index contributed by atoms with van der Waals surface area (Å²) in [4.78, 5) is 18.7. The minimum absolute atomic E-state index is 0.119. The van der Waals surface area contributed by atoms with Gasteiger partial charge in [-0.05, 0) is 49.6 Å². The fourth-order valence-corrected chi connectivity index (χ4v) is 3.96. The molecule has 0 aliphatic carbocycles. The van der Waals surface area contributed by atoms with Crippen molar-refractivity contribution in [2.45, 2.75) is 32.1 Å². The van der Waals surface area contributed by atoms with Gasteiger partial charge in [0.25, 0.3) is 0 Å². The van der Waals surface area contributed by atoms with Gasteiger partial charge in [0.05, 0.1) is 22.5 Å². The molecule has 3 aromatic rings.